The molecular weight excluding hydrogens is 376 g/mol. The second kappa shape index (κ2) is 7.42. The van der Waals surface area contributed by atoms with Gasteiger partial charge in [-0.1, -0.05) is 15.9 Å². The summed E-state index contributed by atoms with van der Waals surface area (Å²) in [5, 5.41) is 0. The molecule has 4 nitrogen and oxygen atoms in total. The first-order valence-corrected chi connectivity index (χ1v) is 9.12. The average Bonchev–Trinajstić information content (AvgIpc) is 2.36. The van der Waals surface area contributed by atoms with E-state index in [1.54, 1.807) is 6.07 Å². The number of sulfonamides is 1. The lowest BCUT2D eigenvalue weighted by Crippen LogP contribution is -2.40. The van der Waals surface area contributed by atoms with Gasteiger partial charge in [0.05, 0.1) is 4.90 Å². The molecule has 1 fully saturated rings. The van der Waals surface area contributed by atoms with Crippen LogP contribution in [-0.4, -0.2) is 20.5 Å². The van der Waals surface area contributed by atoms with Gasteiger partial charge >= 0.3 is 0 Å². The molecule has 120 valence electrons. The zero-order chi connectivity index (χ0) is 14.9. The van der Waals surface area contributed by atoms with Crippen molar-refractivity contribution in [3.05, 3.63) is 27.7 Å². The Morgan fingerprint density at radius 1 is 1.14 bits per heavy atom. The van der Waals surface area contributed by atoms with E-state index >= 15 is 0 Å². The maximum absolute atomic E-state index is 12.5. The Morgan fingerprint density at radius 2 is 1.71 bits per heavy atom. The van der Waals surface area contributed by atoms with E-state index in [-0.39, 0.29) is 24.5 Å². The van der Waals surface area contributed by atoms with E-state index in [1.807, 2.05) is 19.9 Å². The van der Waals surface area contributed by atoms with Crippen LogP contribution in [0.1, 0.15) is 36.8 Å². The Morgan fingerprint density at radius 3 is 2.29 bits per heavy atom. The first-order chi connectivity index (χ1) is 9.29. The molecule has 2 rings (SSSR count). The van der Waals surface area contributed by atoms with Crippen molar-refractivity contribution in [2.24, 2.45) is 5.73 Å². The minimum atomic E-state index is -3.46. The van der Waals surface area contributed by atoms with E-state index in [1.165, 1.54) is 0 Å². The van der Waals surface area contributed by atoms with Crippen molar-refractivity contribution >= 4 is 38.4 Å². The summed E-state index contributed by atoms with van der Waals surface area (Å²) in [4.78, 5) is 0.369. The third kappa shape index (κ3) is 4.66. The number of rotatable bonds is 3. The number of aryl methyl sites for hydroxylation is 2. The van der Waals surface area contributed by atoms with Crippen molar-refractivity contribution in [3.63, 3.8) is 0 Å². The quantitative estimate of drug-likeness (QED) is 0.823. The molecule has 7 heteroatoms. The fourth-order valence-electron chi connectivity index (χ4n) is 2.56. The van der Waals surface area contributed by atoms with Crippen LogP contribution in [0, 0.1) is 13.8 Å². The molecule has 1 saturated carbocycles. The van der Waals surface area contributed by atoms with Crippen LogP contribution < -0.4 is 10.5 Å². The van der Waals surface area contributed by atoms with Gasteiger partial charge in [0.15, 0.2) is 0 Å². The summed E-state index contributed by atoms with van der Waals surface area (Å²) in [7, 11) is -3.46. The van der Waals surface area contributed by atoms with Gasteiger partial charge in [-0.3, -0.25) is 0 Å². The molecule has 0 heterocycles. The number of nitrogens with two attached hydrogens (primary N) is 1. The van der Waals surface area contributed by atoms with Crippen LogP contribution in [0.15, 0.2) is 21.5 Å². The lowest BCUT2D eigenvalue weighted by atomic mass is 9.93. The van der Waals surface area contributed by atoms with Crippen LogP contribution in [0.25, 0.3) is 0 Å². The second-order valence-corrected chi connectivity index (χ2v) is 8.14. The molecule has 0 spiro atoms. The maximum atomic E-state index is 12.5. The molecule has 0 aromatic heterocycles. The molecule has 0 saturated heterocycles. The molecule has 1 aliphatic rings. The van der Waals surface area contributed by atoms with Crippen molar-refractivity contribution in [1.29, 1.82) is 0 Å². The predicted octanol–water partition coefficient (Wildman–Crippen LogP) is 3.04. The zero-order valence-corrected chi connectivity index (χ0v) is 15.4. The monoisotopic (exact) mass is 396 g/mol. The summed E-state index contributed by atoms with van der Waals surface area (Å²) in [6.45, 7) is 3.71. The fourth-order valence-corrected chi connectivity index (χ4v) is 4.64. The molecule has 0 bridgehead atoms. The highest BCUT2D eigenvalue weighted by atomic mass is 79.9. The van der Waals surface area contributed by atoms with Crippen LogP contribution in [0.4, 0.5) is 0 Å². The van der Waals surface area contributed by atoms with Crippen LogP contribution in [-0.2, 0) is 10.0 Å². The number of halogens is 2. The van der Waals surface area contributed by atoms with Gasteiger partial charge in [-0.15, -0.1) is 12.4 Å². The third-order valence-corrected chi connectivity index (χ3v) is 6.36. The summed E-state index contributed by atoms with van der Waals surface area (Å²) in [5.74, 6) is 0. The summed E-state index contributed by atoms with van der Waals surface area (Å²) in [6.07, 6.45) is 3.39. The summed E-state index contributed by atoms with van der Waals surface area (Å²) >= 11 is 3.42. The Balaban J connectivity index is 0.00000220. The Bertz CT molecular complexity index is 599. The normalized spacial score (nSPS) is 22.7. The third-order valence-electron chi connectivity index (χ3n) is 3.84. The first-order valence-electron chi connectivity index (χ1n) is 6.84. The van der Waals surface area contributed by atoms with Crippen molar-refractivity contribution in [2.75, 3.05) is 0 Å². The SMILES string of the molecule is Cc1cc(S(=O)(=O)NC2CCC(N)CC2)c(C)cc1Br.Cl. The summed E-state index contributed by atoms with van der Waals surface area (Å²) in [5.41, 5.74) is 7.52. The highest BCUT2D eigenvalue weighted by Crippen LogP contribution is 2.25. The number of benzene rings is 1. The molecule has 0 atom stereocenters. The second-order valence-electron chi connectivity index (χ2n) is 5.60. The highest BCUT2D eigenvalue weighted by Gasteiger charge is 2.25. The van der Waals surface area contributed by atoms with E-state index in [4.69, 9.17) is 5.73 Å². The van der Waals surface area contributed by atoms with Gasteiger partial charge in [0.1, 0.15) is 0 Å². The molecule has 0 amide bonds. The van der Waals surface area contributed by atoms with Crippen LogP contribution in [0.2, 0.25) is 0 Å². The number of nitrogens with one attached hydrogen (secondary N) is 1. The van der Waals surface area contributed by atoms with Crippen LogP contribution in [0.3, 0.4) is 0 Å². The lowest BCUT2D eigenvalue weighted by Gasteiger charge is -2.27. The van der Waals surface area contributed by atoms with E-state index in [0.717, 1.165) is 41.3 Å². The first kappa shape index (κ1) is 18.9. The minimum Gasteiger partial charge on any atom is -0.328 e. The Labute approximate surface area is 141 Å². The lowest BCUT2D eigenvalue weighted by molar-refractivity contribution is 0.373. The molecule has 0 radical (unpaired) electrons. The van der Waals surface area contributed by atoms with Gasteiger partial charge in [0, 0.05) is 16.6 Å². The van der Waals surface area contributed by atoms with E-state index in [9.17, 15) is 8.42 Å². The van der Waals surface area contributed by atoms with Crippen LogP contribution in [0.5, 0.6) is 0 Å². The van der Waals surface area contributed by atoms with E-state index in [0.29, 0.717) is 4.90 Å². The fraction of sp³-hybridized carbons (Fsp3) is 0.571. The van der Waals surface area contributed by atoms with Gasteiger partial charge in [-0.25, -0.2) is 13.1 Å². The number of hydrogen-bond donors (Lipinski definition) is 2. The largest absolute Gasteiger partial charge is 0.328 e. The molecule has 1 aromatic rings. The molecule has 3 N–H and O–H groups in total. The highest BCUT2D eigenvalue weighted by molar-refractivity contribution is 9.10. The van der Waals surface area contributed by atoms with E-state index < -0.39 is 10.0 Å². The van der Waals surface area contributed by atoms with Crippen molar-refractivity contribution in [3.8, 4) is 0 Å². The molecule has 0 unspecified atom stereocenters. The smallest absolute Gasteiger partial charge is 0.241 e. The average molecular weight is 398 g/mol. The van der Waals surface area contributed by atoms with Crippen molar-refractivity contribution < 1.29 is 8.42 Å². The van der Waals surface area contributed by atoms with Gasteiger partial charge < -0.3 is 5.73 Å². The summed E-state index contributed by atoms with van der Waals surface area (Å²) in [6, 6.07) is 3.78. The predicted molar refractivity (Wildman–Crippen MR) is 91.4 cm³/mol. The van der Waals surface area contributed by atoms with Gasteiger partial charge in [-0.05, 0) is 62.8 Å². The summed E-state index contributed by atoms with van der Waals surface area (Å²) < 4.78 is 28.8. The molecular formula is C14H22BrClN2O2S. The molecule has 21 heavy (non-hydrogen) atoms. The maximum Gasteiger partial charge on any atom is 0.241 e. The molecule has 1 aliphatic carbocycles. The van der Waals surface area contributed by atoms with Gasteiger partial charge in [0.2, 0.25) is 10.0 Å². The zero-order valence-electron chi connectivity index (χ0n) is 12.2. The van der Waals surface area contributed by atoms with Gasteiger partial charge in [0.25, 0.3) is 0 Å². The van der Waals surface area contributed by atoms with Crippen molar-refractivity contribution in [1.82, 2.24) is 4.72 Å². The molecule has 0 aliphatic heterocycles. The topological polar surface area (TPSA) is 72.2 Å². The minimum absolute atomic E-state index is 0. The van der Waals surface area contributed by atoms with Gasteiger partial charge in [-0.2, -0.15) is 0 Å². The number of hydrogen-bond acceptors (Lipinski definition) is 3. The van der Waals surface area contributed by atoms with Crippen LogP contribution >= 0.6 is 28.3 Å². The van der Waals surface area contributed by atoms with Crippen molar-refractivity contribution in [2.45, 2.75) is 56.5 Å². The molecule has 1 aromatic carbocycles. The Kier molecular flexibility index (Phi) is 6.68. The standard InChI is InChI=1S/C14H21BrN2O2S.ClH/c1-9-8-14(10(2)7-13(9)15)20(18,19)17-12-5-3-11(16)4-6-12;/h7-8,11-12,17H,3-6,16H2,1-2H3;1H. The van der Waals surface area contributed by atoms with E-state index in [2.05, 4.69) is 20.7 Å². The Hall–Kier alpha value is -0.140.